The summed E-state index contributed by atoms with van der Waals surface area (Å²) in [6.07, 6.45) is 4.01. The quantitative estimate of drug-likeness (QED) is 0.774. The Morgan fingerprint density at radius 2 is 2.40 bits per heavy atom. The molecule has 1 atom stereocenters. The third kappa shape index (κ3) is 2.54. The maximum atomic E-state index is 5.37. The maximum Gasteiger partial charge on any atom is 0.0996 e. The van der Waals surface area contributed by atoms with Crippen LogP contribution in [0.1, 0.15) is 31.5 Å². The highest BCUT2D eigenvalue weighted by molar-refractivity contribution is 5.02. The third-order valence-corrected chi connectivity index (χ3v) is 2.91. The molecule has 2 rings (SSSR count). The predicted octanol–water partition coefficient (Wildman–Crippen LogP) is 0.882. The molecule has 1 saturated heterocycles. The van der Waals surface area contributed by atoms with Gasteiger partial charge in [0.15, 0.2) is 0 Å². The van der Waals surface area contributed by atoms with Crippen molar-refractivity contribution in [3.63, 3.8) is 0 Å². The van der Waals surface area contributed by atoms with Gasteiger partial charge >= 0.3 is 0 Å². The van der Waals surface area contributed by atoms with Crippen LogP contribution in [-0.4, -0.2) is 35.2 Å². The molecule has 0 amide bonds. The van der Waals surface area contributed by atoms with E-state index in [1.54, 1.807) is 0 Å². The summed E-state index contributed by atoms with van der Waals surface area (Å²) in [7, 11) is 0. The topological polar surface area (TPSA) is 62.8 Å². The number of hydrogen-bond acceptors (Lipinski definition) is 4. The van der Waals surface area contributed by atoms with Crippen LogP contribution in [0.3, 0.4) is 0 Å². The zero-order valence-corrected chi connectivity index (χ0v) is 9.07. The monoisotopic (exact) mass is 210 g/mol. The van der Waals surface area contributed by atoms with E-state index in [4.69, 9.17) is 4.74 Å². The van der Waals surface area contributed by atoms with Gasteiger partial charge in [-0.2, -0.15) is 15.4 Å². The van der Waals surface area contributed by atoms with Gasteiger partial charge < -0.3 is 10.1 Å². The Bertz CT molecular complexity index is 269. The Balaban J connectivity index is 2.04. The van der Waals surface area contributed by atoms with Crippen LogP contribution in [0.4, 0.5) is 0 Å². The van der Waals surface area contributed by atoms with Crippen molar-refractivity contribution < 1.29 is 4.74 Å². The molecule has 0 spiro atoms. The lowest BCUT2D eigenvalue weighted by atomic mass is 9.90. The van der Waals surface area contributed by atoms with E-state index >= 15 is 0 Å². The molecule has 15 heavy (non-hydrogen) atoms. The second-order valence-corrected chi connectivity index (χ2v) is 3.88. The fourth-order valence-electron chi connectivity index (χ4n) is 2.14. The molecule has 1 aromatic heterocycles. The number of nitrogens with zero attached hydrogens (tertiary/aromatic N) is 2. The minimum atomic E-state index is 0.317. The van der Waals surface area contributed by atoms with Crippen LogP contribution in [0, 0.1) is 5.92 Å². The number of aromatic nitrogens is 3. The Hall–Kier alpha value is -0.940. The summed E-state index contributed by atoms with van der Waals surface area (Å²) in [5, 5.41) is 14.2. The second kappa shape index (κ2) is 5.23. The summed E-state index contributed by atoms with van der Waals surface area (Å²) in [4.78, 5) is 0. The molecule has 1 aliphatic heterocycles. The van der Waals surface area contributed by atoms with Gasteiger partial charge in [0, 0.05) is 13.2 Å². The van der Waals surface area contributed by atoms with Crippen molar-refractivity contribution in [1.29, 1.82) is 0 Å². The number of H-pyrrole nitrogens is 1. The number of nitrogens with one attached hydrogen (secondary N) is 2. The summed E-state index contributed by atoms with van der Waals surface area (Å²) < 4.78 is 5.37. The smallest absolute Gasteiger partial charge is 0.0996 e. The van der Waals surface area contributed by atoms with Gasteiger partial charge in [0.25, 0.3) is 0 Å². The van der Waals surface area contributed by atoms with Crippen LogP contribution in [0.15, 0.2) is 6.20 Å². The molecule has 0 aliphatic carbocycles. The molecule has 84 valence electrons. The minimum Gasteiger partial charge on any atom is -0.381 e. The molecule has 5 nitrogen and oxygen atoms in total. The largest absolute Gasteiger partial charge is 0.381 e. The molecule has 1 unspecified atom stereocenters. The third-order valence-electron chi connectivity index (χ3n) is 2.91. The molecule has 1 fully saturated rings. The molecule has 1 aromatic rings. The van der Waals surface area contributed by atoms with Gasteiger partial charge in [-0.3, -0.25) is 0 Å². The fraction of sp³-hybridized carbons (Fsp3) is 0.800. The lowest BCUT2D eigenvalue weighted by Gasteiger charge is -2.29. The lowest BCUT2D eigenvalue weighted by Crippen LogP contribution is -2.32. The highest BCUT2D eigenvalue weighted by Crippen LogP contribution is 2.28. The standard InChI is InChI=1S/C10H18N4O/c1-2-11-10(9-7-12-14-13-9)8-3-5-15-6-4-8/h7-8,10-11H,2-6H2,1H3,(H,12,13,14). The van der Waals surface area contributed by atoms with E-state index < -0.39 is 0 Å². The van der Waals surface area contributed by atoms with Crippen molar-refractivity contribution in [2.75, 3.05) is 19.8 Å². The van der Waals surface area contributed by atoms with E-state index in [0.717, 1.165) is 38.3 Å². The first-order valence-electron chi connectivity index (χ1n) is 5.58. The average molecular weight is 210 g/mol. The van der Waals surface area contributed by atoms with Crippen LogP contribution >= 0.6 is 0 Å². The van der Waals surface area contributed by atoms with E-state index in [-0.39, 0.29) is 0 Å². The first kappa shape index (κ1) is 10.6. The number of aromatic amines is 1. The summed E-state index contributed by atoms with van der Waals surface area (Å²) in [5.41, 5.74) is 1.02. The van der Waals surface area contributed by atoms with E-state index in [0.29, 0.717) is 12.0 Å². The summed E-state index contributed by atoms with van der Waals surface area (Å²) >= 11 is 0. The summed E-state index contributed by atoms with van der Waals surface area (Å²) in [5.74, 6) is 0.615. The predicted molar refractivity (Wildman–Crippen MR) is 56.3 cm³/mol. The first-order valence-corrected chi connectivity index (χ1v) is 5.58. The number of hydrogen-bond donors (Lipinski definition) is 2. The van der Waals surface area contributed by atoms with Crippen molar-refractivity contribution in [2.45, 2.75) is 25.8 Å². The molecule has 0 aromatic carbocycles. The van der Waals surface area contributed by atoms with Gasteiger partial charge in [-0.15, -0.1) is 0 Å². The number of ether oxygens (including phenoxy) is 1. The Morgan fingerprint density at radius 1 is 1.60 bits per heavy atom. The molecule has 0 saturated carbocycles. The van der Waals surface area contributed by atoms with Crippen molar-refractivity contribution in [2.24, 2.45) is 5.92 Å². The summed E-state index contributed by atoms with van der Waals surface area (Å²) in [6.45, 7) is 4.80. The van der Waals surface area contributed by atoms with Gasteiger partial charge in [-0.25, -0.2) is 0 Å². The van der Waals surface area contributed by atoms with Crippen LogP contribution < -0.4 is 5.32 Å². The van der Waals surface area contributed by atoms with Gasteiger partial charge in [-0.1, -0.05) is 6.92 Å². The van der Waals surface area contributed by atoms with E-state index in [1.807, 2.05) is 6.20 Å². The normalized spacial score (nSPS) is 20.3. The first-order chi connectivity index (χ1) is 7.42. The van der Waals surface area contributed by atoms with Gasteiger partial charge in [0.1, 0.15) is 0 Å². The van der Waals surface area contributed by atoms with E-state index in [2.05, 4.69) is 27.7 Å². The Kier molecular flexibility index (Phi) is 3.69. The molecule has 5 heteroatoms. The van der Waals surface area contributed by atoms with Crippen molar-refractivity contribution >= 4 is 0 Å². The lowest BCUT2D eigenvalue weighted by molar-refractivity contribution is 0.0533. The molecule has 1 aliphatic rings. The van der Waals surface area contributed by atoms with Crippen LogP contribution in [0.2, 0.25) is 0 Å². The Labute approximate surface area is 89.6 Å². The molecule has 2 heterocycles. The average Bonchev–Trinajstić information content (AvgIpc) is 2.80. The second-order valence-electron chi connectivity index (χ2n) is 3.88. The zero-order chi connectivity index (χ0) is 10.5. The van der Waals surface area contributed by atoms with E-state index in [9.17, 15) is 0 Å². The fourth-order valence-corrected chi connectivity index (χ4v) is 2.14. The van der Waals surface area contributed by atoms with Crippen molar-refractivity contribution in [3.05, 3.63) is 11.9 Å². The number of rotatable bonds is 4. The van der Waals surface area contributed by atoms with Crippen LogP contribution in [-0.2, 0) is 4.74 Å². The van der Waals surface area contributed by atoms with Crippen LogP contribution in [0.25, 0.3) is 0 Å². The molecule has 0 radical (unpaired) electrons. The Morgan fingerprint density at radius 3 is 3.00 bits per heavy atom. The van der Waals surface area contributed by atoms with Crippen molar-refractivity contribution in [1.82, 2.24) is 20.7 Å². The molecular formula is C10H18N4O. The molecular weight excluding hydrogens is 192 g/mol. The van der Waals surface area contributed by atoms with Crippen LogP contribution in [0.5, 0.6) is 0 Å². The van der Waals surface area contributed by atoms with Crippen molar-refractivity contribution in [3.8, 4) is 0 Å². The summed E-state index contributed by atoms with van der Waals surface area (Å²) in [6, 6.07) is 0.317. The zero-order valence-electron chi connectivity index (χ0n) is 9.07. The van der Waals surface area contributed by atoms with Gasteiger partial charge in [0.05, 0.1) is 17.9 Å². The SMILES string of the molecule is CCNC(c1cn[nH]n1)C1CCOCC1. The molecule has 2 N–H and O–H groups in total. The van der Waals surface area contributed by atoms with E-state index in [1.165, 1.54) is 0 Å². The van der Waals surface area contributed by atoms with Gasteiger partial charge in [-0.05, 0) is 25.3 Å². The van der Waals surface area contributed by atoms with Gasteiger partial charge in [0.2, 0.25) is 0 Å². The highest BCUT2D eigenvalue weighted by Gasteiger charge is 2.26. The molecule has 0 bridgehead atoms. The minimum absolute atomic E-state index is 0.317. The maximum absolute atomic E-state index is 5.37. The highest BCUT2D eigenvalue weighted by atomic mass is 16.5.